The van der Waals surface area contributed by atoms with Crippen LogP contribution >= 0.6 is 0 Å². The van der Waals surface area contributed by atoms with E-state index in [1.807, 2.05) is 36.4 Å². The van der Waals surface area contributed by atoms with Crippen molar-refractivity contribution < 1.29 is 9.13 Å². The molecule has 1 nitrogen and oxygen atoms in total. The van der Waals surface area contributed by atoms with Gasteiger partial charge >= 0.3 is 0 Å². The zero-order valence-electron chi connectivity index (χ0n) is 19.0. The molecule has 1 fully saturated rings. The molecule has 3 aromatic rings. The SMILES string of the molecule is C=C[C@H]1CC[C@H](c2ccc(-c3ccc(-c4ccc(COCCC)cc4)c(F)c3)cc2)CC1. The van der Waals surface area contributed by atoms with Gasteiger partial charge in [0, 0.05) is 12.2 Å². The van der Waals surface area contributed by atoms with E-state index in [4.69, 9.17) is 4.74 Å². The van der Waals surface area contributed by atoms with Crippen LogP contribution in [0.15, 0.2) is 79.4 Å². The molecule has 1 aliphatic rings. The molecule has 0 saturated heterocycles. The molecule has 0 N–H and O–H groups in total. The molecule has 0 bridgehead atoms. The van der Waals surface area contributed by atoms with Gasteiger partial charge in [0.1, 0.15) is 5.82 Å². The fourth-order valence-electron chi connectivity index (χ4n) is 4.68. The third kappa shape index (κ3) is 5.37. The van der Waals surface area contributed by atoms with Gasteiger partial charge in [0.2, 0.25) is 0 Å². The Morgan fingerprint density at radius 1 is 0.875 bits per heavy atom. The molecule has 4 rings (SSSR count). The average Bonchev–Trinajstić information content (AvgIpc) is 2.85. The van der Waals surface area contributed by atoms with Crippen molar-refractivity contribution in [3.8, 4) is 22.3 Å². The lowest BCUT2D eigenvalue weighted by Crippen LogP contribution is -2.11. The lowest BCUT2D eigenvalue weighted by molar-refractivity contribution is 0.121. The first kappa shape index (κ1) is 22.5. The summed E-state index contributed by atoms with van der Waals surface area (Å²) in [6.07, 6.45) is 8.03. The van der Waals surface area contributed by atoms with Gasteiger partial charge in [-0.3, -0.25) is 0 Å². The fourth-order valence-corrected chi connectivity index (χ4v) is 4.68. The maximum absolute atomic E-state index is 15.0. The molecule has 0 aliphatic heterocycles. The number of ether oxygens (including phenoxy) is 1. The van der Waals surface area contributed by atoms with Crippen LogP contribution in [0.4, 0.5) is 4.39 Å². The Bertz CT molecular complexity index is 1010. The minimum absolute atomic E-state index is 0.190. The molecule has 32 heavy (non-hydrogen) atoms. The normalized spacial score (nSPS) is 18.4. The summed E-state index contributed by atoms with van der Waals surface area (Å²) in [5.41, 5.74) is 6.00. The van der Waals surface area contributed by atoms with Crippen molar-refractivity contribution in [3.63, 3.8) is 0 Å². The van der Waals surface area contributed by atoms with Crippen LogP contribution in [0.1, 0.15) is 56.1 Å². The van der Waals surface area contributed by atoms with Crippen molar-refractivity contribution in [2.45, 2.75) is 51.6 Å². The minimum atomic E-state index is -0.190. The Morgan fingerprint density at radius 3 is 2.16 bits per heavy atom. The standard InChI is InChI=1S/C30H33FO/c1-3-19-32-21-23-7-11-27(12-8-23)29-18-17-28(20-30(29)31)26-15-13-25(14-16-26)24-9-5-22(4-2)6-10-24/h4,7-8,11-18,20,22,24H,2-3,5-6,9-10,19,21H2,1H3/t22-,24-. The maximum Gasteiger partial charge on any atom is 0.131 e. The summed E-state index contributed by atoms with van der Waals surface area (Å²) < 4.78 is 20.6. The summed E-state index contributed by atoms with van der Waals surface area (Å²) in [5.74, 6) is 1.12. The largest absolute Gasteiger partial charge is 0.377 e. The van der Waals surface area contributed by atoms with Crippen molar-refractivity contribution in [3.05, 3.63) is 96.3 Å². The number of halogens is 1. The summed E-state index contributed by atoms with van der Waals surface area (Å²) in [5, 5.41) is 0. The van der Waals surface area contributed by atoms with Gasteiger partial charge in [-0.2, -0.15) is 0 Å². The number of rotatable bonds is 8. The fraction of sp³-hybridized carbons (Fsp3) is 0.333. The molecular weight excluding hydrogens is 395 g/mol. The van der Waals surface area contributed by atoms with Crippen LogP contribution < -0.4 is 0 Å². The van der Waals surface area contributed by atoms with Crippen LogP contribution in [0.5, 0.6) is 0 Å². The Kier molecular flexibility index (Phi) is 7.55. The second kappa shape index (κ2) is 10.7. The first-order chi connectivity index (χ1) is 15.7. The topological polar surface area (TPSA) is 9.23 Å². The maximum atomic E-state index is 15.0. The monoisotopic (exact) mass is 428 g/mol. The second-order valence-electron chi connectivity index (χ2n) is 8.91. The minimum Gasteiger partial charge on any atom is -0.377 e. The molecule has 0 unspecified atom stereocenters. The molecule has 0 spiro atoms. The molecule has 0 atom stereocenters. The highest BCUT2D eigenvalue weighted by molar-refractivity contribution is 5.71. The van der Waals surface area contributed by atoms with Gasteiger partial charge in [-0.25, -0.2) is 4.39 Å². The summed E-state index contributed by atoms with van der Waals surface area (Å²) in [7, 11) is 0. The Labute approximate surface area is 192 Å². The third-order valence-electron chi connectivity index (χ3n) is 6.67. The van der Waals surface area contributed by atoms with Gasteiger partial charge in [-0.05, 0) is 77.8 Å². The first-order valence-electron chi connectivity index (χ1n) is 11.9. The van der Waals surface area contributed by atoms with Crippen LogP contribution in [0.3, 0.4) is 0 Å². The highest BCUT2D eigenvalue weighted by atomic mass is 19.1. The smallest absolute Gasteiger partial charge is 0.131 e. The van der Waals surface area contributed by atoms with Gasteiger partial charge in [0.15, 0.2) is 0 Å². The van der Waals surface area contributed by atoms with Crippen molar-refractivity contribution in [1.29, 1.82) is 0 Å². The van der Waals surface area contributed by atoms with Crippen molar-refractivity contribution in [2.24, 2.45) is 5.92 Å². The zero-order valence-corrected chi connectivity index (χ0v) is 19.0. The van der Waals surface area contributed by atoms with E-state index < -0.39 is 0 Å². The lowest BCUT2D eigenvalue weighted by Gasteiger charge is -2.27. The van der Waals surface area contributed by atoms with Crippen LogP contribution in [-0.2, 0) is 11.3 Å². The summed E-state index contributed by atoms with van der Waals surface area (Å²) in [4.78, 5) is 0. The van der Waals surface area contributed by atoms with Gasteiger partial charge < -0.3 is 4.74 Å². The zero-order chi connectivity index (χ0) is 22.3. The Balaban J connectivity index is 1.44. The molecular formula is C30H33FO. The van der Waals surface area contributed by atoms with E-state index in [-0.39, 0.29) is 5.82 Å². The summed E-state index contributed by atoms with van der Waals surface area (Å²) >= 11 is 0. The van der Waals surface area contributed by atoms with Gasteiger partial charge in [-0.1, -0.05) is 73.7 Å². The molecule has 0 aromatic heterocycles. The van der Waals surface area contributed by atoms with Crippen LogP contribution in [0.2, 0.25) is 0 Å². The van der Waals surface area contributed by atoms with Gasteiger partial charge in [-0.15, -0.1) is 6.58 Å². The molecule has 1 aliphatic carbocycles. The number of benzene rings is 3. The predicted molar refractivity (Wildman–Crippen MR) is 132 cm³/mol. The second-order valence-corrected chi connectivity index (χ2v) is 8.91. The molecule has 2 heteroatoms. The Morgan fingerprint density at radius 2 is 1.53 bits per heavy atom. The van der Waals surface area contributed by atoms with Crippen LogP contribution in [-0.4, -0.2) is 6.61 Å². The highest BCUT2D eigenvalue weighted by Gasteiger charge is 2.20. The van der Waals surface area contributed by atoms with E-state index >= 15 is 0 Å². The molecule has 0 heterocycles. The summed E-state index contributed by atoms with van der Waals surface area (Å²) in [6.45, 7) is 7.40. The number of allylic oxidation sites excluding steroid dienone is 1. The van der Waals surface area contributed by atoms with Gasteiger partial charge in [0.25, 0.3) is 0 Å². The highest BCUT2D eigenvalue weighted by Crippen LogP contribution is 2.37. The molecule has 0 radical (unpaired) electrons. The number of hydrogen-bond donors (Lipinski definition) is 0. The van der Waals surface area contributed by atoms with E-state index in [0.29, 0.717) is 24.0 Å². The molecule has 1 saturated carbocycles. The van der Waals surface area contributed by atoms with E-state index in [1.165, 1.54) is 31.2 Å². The quantitative estimate of drug-likeness (QED) is 0.258. The van der Waals surface area contributed by atoms with E-state index in [1.54, 1.807) is 6.07 Å². The van der Waals surface area contributed by atoms with E-state index in [9.17, 15) is 4.39 Å². The van der Waals surface area contributed by atoms with Crippen LogP contribution in [0.25, 0.3) is 22.3 Å². The van der Waals surface area contributed by atoms with Crippen molar-refractivity contribution >= 4 is 0 Å². The summed E-state index contributed by atoms with van der Waals surface area (Å²) in [6, 6.07) is 22.2. The molecule has 166 valence electrons. The Hall–Kier alpha value is -2.71. The number of hydrogen-bond acceptors (Lipinski definition) is 1. The predicted octanol–water partition coefficient (Wildman–Crippen LogP) is 8.55. The van der Waals surface area contributed by atoms with E-state index in [0.717, 1.165) is 35.3 Å². The average molecular weight is 429 g/mol. The van der Waals surface area contributed by atoms with Gasteiger partial charge in [0.05, 0.1) is 6.61 Å². The van der Waals surface area contributed by atoms with Crippen molar-refractivity contribution in [1.82, 2.24) is 0 Å². The molecule has 3 aromatic carbocycles. The lowest BCUT2D eigenvalue weighted by atomic mass is 9.78. The molecule has 0 amide bonds. The van der Waals surface area contributed by atoms with E-state index in [2.05, 4.69) is 43.8 Å². The third-order valence-corrected chi connectivity index (χ3v) is 6.67. The van der Waals surface area contributed by atoms with Crippen LogP contribution in [0, 0.1) is 11.7 Å². The first-order valence-corrected chi connectivity index (χ1v) is 11.9. The van der Waals surface area contributed by atoms with Crippen molar-refractivity contribution in [2.75, 3.05) is 6.61 Å².